The Morgan fingerprint density at radius 2 is 1.10 bits per heavy atom. The molecule has 0 aliphatic rings. The maximum Gasteiger partial charge on any atom is 0.0998 e. The van der Waals surface area contributed by atoms with E-state index in [2.05, 4.69) is 157 Å². The molecule has 0 saturated heterocycles. The van der Waals surface area contributed by atoms with E-state index in [1.54, 1.807) is 0 Å². The minimum Gasteiger partial charge on any atom is -0.310 e. The van der Waals surface area contributed by atoms with E-state index in [0.717, 1.165) is 28.2 Å². The Morgan fingerprint density at radius 3 is 1.92 bits per heavy atom. The highest BCUT2D eigenvalue weighted by molar-refractivity contribution is 6.26. The van der Waals surface area contributed by atoms with Crippen molar-refractivity contribution in [3.8, 4) is 28.3 Å². The van der Waals surface area contributed by atoms with Gasteiger partial charge in [-0.05, 0) is 127 Å². The lowest BCUT2D eigenvalue weighted by atomic mass is 9.87. The van der Waals surface area contributed by atoms with Crippen LogP contribution in [0.4, 0.5) is 17.1 Å². The van der Waals surface area contributed by atoms with Gasteiger partial charge in [0.15, 0.2) is 0 Å². The molecule has 0 unspecified atom stereocenters. The van der Waals surface area contributed by atoms with Crippen molar-refractivity contribution in [1.29, 1.82) is 5.26 Å². The van der Waals surface area contributed by atoms with Crippen molar-refractivity contribution in [2.45, 2.75) is 6.92 Å². The van der Waals surface area contributed by atoms with Crippen LogP contribution in [0.3, 0.4) is 0 Å². The maximum atomic E-state index is 9.82. The summed E-state index contributed by atoms with van der Waals surface area (Å²) in [4.78, 5) is 2.33. The lowest BCUT2D eigenvalue weighted by Gasteiger charge is -2.26. The molecule has 2 heteroatoms. The molecule has 9 aromatic rings. The molecule has 9 rings (SSSR count). The van der Waals surface area contributed by atoms with Gasteiger partial charge >= 0.3 is 0 Å². The Labute approximate surface area is 279 Å². The second kappa shape index (κ2) is 11.1. The zero-order valence-electron chi connectivity index (χ0n) is 26.5. The highest BCUT2D eigenvalue weighted by Gasteiger charge is 2.17. The van der Waals surface area contributed by atoms with Crippen molar-refractivity contribution < 1.29 is 0 Å². The molecule has 0 saturated carbocycles. The number of aryl methyl sites for hydroxylation is 1. The van der Waals surface area contributed by atoms with Gasteiger partial charge < -0.3 is 4.90 Å². The first-order valence-corrected chi connectivity index (χ1v) is 16.3. The quantitative estimate of drug-likeness (QED) is 0.181. The summed E-state index contributed by atoms with van der Waals surface area (Å²) in [7, 11) is 0. The van der Waals surface area contributed by atoms with Crippen molar-refractivity contribution in [3.05, 3.63) is 175 Å². The predicted molar refractivity (Wildman–Crippen MR) is 203 cm³/mol. The van der Waals surface area contributed by atoms with E-state index in [1.165, 1.54) is 59.8 Å². The topological polar surface area (TPSA) is 27.0 Å². The zero-order chi connectivity index (χ0) is 32.2. The zero-order valence-corrected chi connectivity index (χ0v) is 26.5. The van der Waals surface area contributed by atoms with Gasteiger partial charge in [-0.1, -0.05) is 109 Å². The minimum absolute atomic E-state index is 0.694. The number of anilines is 3. The molecule has 0 bridgehead atoms. The molecule has 9 aromatic carbocycles. The van der Waals surface area contributed by atoms with Crippen LogP contribution in [0.5, 0.6) is 0 Å². The number of nitrogens with zero attached hydrogens (tertiary/aromatic N) is 2. The minimum atomic E-state index is 0.694. The van der Waals surface area contributed by atoms with Crippen LogP contribution in [0.1, 0.15) is 11.1 Å². The van der Waals surface area contributed by atoms with Crippen LogP contribution in [-0.2, 0) is 0 Å². The molecule has 0 fully saturated rings. The fourth-order valence-corrected chi connectivity index (χ4v) is 7.44. The fourth-order valence-electron chi connectivity index (χ4n) is 7.44. The Bertz CT molecular complexity index is 2660. The Morgan fingerprint density at radius 1 is 0.438 bits per heavy atom. The molecule has 0 aromatic heterocycles. The molecule has 0 heterocycles. The molecule has 0 aliphatic heterocycles. The van der Waals surface area contributed by atoms with Gasteiger partial charge in [0, 0.05) is 22.6 Å². The Balaban J connectivity index is 1.14. The van der Waals surface area contributed by atoms with Gasteiger partial charge in [0.1, 0.15) is 0 Å². The lowest BCUT2D eigenvalue weighted by Crippen LogP contribution is -2.09. The third kappa shape index (κ3) is 4.48. The van der Waals surface area contributed by atoms with Crippen molar-refractivity contribution in [2.24, 2.45) is 0 Å². The monoisotopic (exact) mass is 610 g/mol. The molecule has 0 amide bonds. The van der Waals surface area contributed by atoms with Gasteiger partial charge in [0.2, 0.25) is 0 Å². The van der Waals surface area contributed by atoms with Crippen molar-refractivity contribution in [2.75, 3.05) is 4.90 Å². The average Bonchev–Trinajstić information content (AvgIpc) is 3.14. The summed E-state index contributed by atoms with van der Waals surface area (Å²) < 4.78 is 0. The van der Waals surface area contributed by atoms with Crippen LogP contribution < -0.4 is 4.90 Å². The van der Waals surface area contributed by atoms with Gasteiger partial charge in [-0.25, -0.2) is 0 Å². The maximum absolute atomic E-state index is 9.82. The van der Waals surface area contributed by atoms with Gasteiger partial charge in [-0.2, -0.15) is 5.26 Å². The number of hydrogen-bond acceptors (Lipinski definition) is 2. The van der Waals surface area contributed by atoms with E-state index < -0.39 is 0 Å². The molecule has 0 atom stereocenters. The smallest absolute Gasteiger partial charge is 0.0998 e. The molecule has 2 nitrogen and oxygen atoms in total. The number of rotatable bonds is 5. The molecule has 0 N–H and O–H groups in total. The van der Waals surface area contributed by atoms with E-state index in [-0.39, 0.29) is 0 Å². The number of fused-ring (bicyclic) bond motifs is 1. The van der Waals surface area contributed by atoms with E-state index in [0.29, 0.717) is 5.56 Å². The third-order valence-electron chi connectivity index (χ3n) is 9.75. The second-order valence-electron chi connectivity index (χ2n) is 12.5. The summed E-state index contributed by atoms with van der Waals surface area (Å²) in [5.41, 5.74) is 9.78. The normalized spacial score (nSPS) is 11.4. The van der Waals surface area contributed by atoms with E-state index in [4.69, 9.17) is 0 Å². The van der Waals surface area contributed by atoms with Gasteiger partial charge in [-0.3, -0.25) is 0 Å². The summed E-state index contributed by atoms with van der Waals surface area (Å²) in [5, 5.41) is 19.7. The summed E-state index contributed by atoms with van der Waals surface area (Å²) in [6.07, 6.45) is 0. The molecule has 224 valence electrons. The van der Waals surface area contributed by atoms with Crippen molar-refractivity contribution in [1.82, 2.24) is 0 Å². The molecule has 0 radical (unpaired) electrons. The largest absolute Gasteiger partial charge is 0.310 e. The van der Waals surface area contributed by atoms with E-state index in [1.807, 2.05) is 24.3 Å². The van der Waals surface area contributed by atoms with Gasteiger partial charge in [0.05, 0.1) is 11.6 Å². The molecule has 0 spiro atoms. The van der Waals surface area contributed by atoms with Crippen molar-refractivity contribution >= 4 is 60.2 Å². The van der Waals surface area contributed by atoms with E-state index >= 15 is 0 Å². The Hall–Kier alpha value is -6.43. The number of benzene rings is 9. The fraction of sp³-hybridized carbons (Fsp3) is 0.0217. The van der Waals surface area contributed by atoms with E-state index in [9.17, 15) is 5.26 Å². The van der Waals surface area contributed by atoms with Crippen LogP contribution in [0.2, 0.25) is 0 Å². The standard InChI is InChI=1S/C46H30N2/c1-30-8-7-10-33-28-40(22-25-41(30)33)48(38-11-3-2-4-12-38)39-20-16-31(17-21-39)37-26-34-15-14-32-18-23-43(42-13-6-5-9-36(42)29-47)44-24-19-35(27-37)45(34)46(32)44/h2-28H,1H3. The summed E-state index contributed by atoms with van der Waals surface area (Å²) in [6.45, 7) is 2.17. The van der Waals surface area contributed by atoms with Crippen molar-refractivity contribution in [3.63, 3.8) is 0 Å². The second-order valence-corrected chi connectivity index (χ2v) is 12.5. The van der Waals surface area contributed by atoms with Crippen LogP contribution in [0.15, 0.2) is 164 Å². The molecule has 0 aliphatic carbocycles. The lowest BCUT2D eigenvalue weighted by molar-refractivity contribution is 1.29. The number of nitriles is 1. The number of hydrogen-bond donors (Lipinski definition) is 0. The molecular formula is C46H30N2. The first-order chi connectivity index (χ1) is 23.7. The van der Waals surface area contributed by atoms with Crippen LogP contribution in [0.25, 0.3) is 65.3 Å². The summed E-state index contributed by atoms with van der Waals surface area (Å²) >= 11 is 0. The van der Waals surface area contributed by atoms with Gasteiger partial charge in [-0.15, -0.1) is 0 Å². The first-order valence-electron chi connectivity index (χ1n) is 16.3. The summed E-state index contributed by atoms with van der Waals surface area (Å²) in [6, 6.07) is 60.9. The highest BCUT2D eigenvalue weighted by atomic mass is 15.1. The van der Waals surface area contributed by atoms with Gasteiger partial charge in [0.25, 0.3) is 0 Å². The van der Waals surface area contributed by atoms with Crippen LogP contribution in [0, 0.1) is 18.3 Å². The Kier molecular flexibility index (Phi) is 6.45. The number of para-hydroxylation sites is 1. The third-order valence-corrected chi connectivity index (χ3v) is 9.75. The predicted octanol–water partition coefficient (Wildman–Crippen LogP) is 12.7. The SMILES string of the molecule is Cc1cccc2cc(N(c3ccccc3)c3ccc(-c4cc5ccc6ccc(-c7ccccc7C#N)c7ccc(c4)c5c67)cc3)ccc12. The first kappa shape index (κ1) is 27.8. The highest BCUT2D eigenvalue weighted by Crippen LogP contribution is 2.42. The van der Waals surface area contributed by atoms with Crippen LogP contribution >= 0.6 is 0 Å². The molecule has 48 heavy (non-hydrogen) atoms. The average molecular weight is 611 g/mol. The van der Waals surface area contributed by atoms with Crippen LogP contribution in [-0.4, -0.2) is 0 Å². The summed E-state index contributed by atoms with van der Waals surface area (Å²) in [5.74, 6) is 0. The molecular weight excluding hydrogens is 581 g/mol.